The Kier molecular flexibility index (Phi) is 4.73. The van der Waals surface area contributed by atoms with Gasteiger partial charge in [0.15, 0.2) is 5.78 Å². The maximum atomic E-state index is 11.9. The number of nitrogens with zero attached hydrogens (tertiary/aromatic N) is 1. The summed E-state index contributed by atoms with van der Waals surface area (Å²) in [5.41, 5.74) is -0.546. The predicted octanol–water partition coefficient (Wildman–Crippen LogP) is 1.99. The first kappa shape index (κ1) is 15.0. The van der Waals surface area contributed by atoms with Gasteiger partial charge in [-0.05, 0) is 34.1 Å². The third-order valence-corrected chi connectivity index (χ3v) is 2.84. The number of rotatable bonds is 5. The van der Waals surface area contributed by atoms with Crippen LogP contribution in [0.2, 0.25) is 0 Å². The maximum Gasteiger partial charge on any atom is 0.410 e. The summed E-state index contributed by atoms with van der Waals surface area (Å²) < 4.78 is 10.3. The number of likely N-dealkylation sites (N-methyl/N-ethyl adjacent to an activating group) is 1. The van der Waals surface area contributed by atoms with Crippen LogP contribution in [-0.2, 0) is 14.3 Å². The average molecular weight is 257 g/mol. The number of epoxide rings is 1. The molecule has 0 radical (unpaired) electrons. The molecule has 0 spiro atoms. The first-order valence-electron chi connectivity index (χ1n) is 6.31. The molecule has 0 aromatic carbocycles. The molecule has 1 aliphatic rings. The summed E-state index contributed by atoms with van der Waals surface area (Å²) in [6, 6.07) is -0.460. The summed E-state index contributed by atoms with van der Waals surface area (Å²) in [7, 11) is 1.59. The zero-order valence-corrected chi connectivity index (χ0v) is 11.9. The molecule has 18 heavy (non-hydrogen) atoms. The van der Waals surface area contributed by atoms with Crippen LogP contribution < -0.4 is 0 Å². The highest BCUT2D eigenvalue weighted by molar-refractivity contribution is 5.87. The lowest BCUT2D eigenvalue weighted by Gasteiger charge is -2.28. The van der Waals surface area contributed by atoms with Gasteiger partial charge in [0.25, 0.3) is 0 Å². The van der Waals surface area contributed by atoms with Crippen molar-refractivity contribution in [1.29, 1.82) is 0 Å². The lowest BCUT2D eigenvalue weighted by molar-refractivity contribution is -0.123. The molecule has 104 valence electrons. The first-order valence-corrected chi connectivity index (χ1v) is 6.31. The summed E-state index contributed by atoms with van der Waals surface area (Å²) in [6.07, 6.45) is 0.962. The normalized spacial score (nSPS) is 20.2. The van der Waals surface area contributed by atoms with Crippen molar-refractivity contribution in [1.82, 2.24) is 4.90 Å². The predicted molar refractivity (Wildman–Crippen MR) is 67.4 cm³/mol. The van der Waals surface area contributed by atoms with Crippen LogP contribution in [0.4, 0.5) is 4.79 Å². The summed E-state index contributed by atoms with van der Waals surface area (Å²) in [5, 5.41) is 0. The van der Waals surface area contributed by atoms with E-state index in [1.54, 1.807) is 34.7 Å². The highest BCUT2D eigenvalue weighted by Gasteiger charge is 2.29. The molecule has 1 rings (SSSR count). The molecule has 2 atom stereocenters. The van der Waals surface area contributed by atoms with Crippen molar-refractivity contribution in [2.24, 2.45) is 0 Å². The molecule has 0 N–H and O–H groups in total. The number of amides is 1. The largest absolute Gasteiger partial charge is 0.444 e. The molecule has 1 aliphatic heterocycles. The fourth-order valence-electron chi connectivity index (χ4n) is 1.45. The van der Waals surface area contributed by atoms with Gasteiger partial charge in [-0.1, -0.05) is 0 Å². The monoisotopic (exact) mass is 257 g/mol. The van der Waals surface area contributed by atoms with Gasteiger partial charge in [-0.15, -0.1) is 0 Å². The second-order valence-electron chi connectivity index (χ2n) is 5.73. The summed E-state index contributed by atoms with van der Waals surface area (Å²) >= 11 is 0. The van der Waals surface area contributed by atoms with E-state index < -0.39 is 17.7 Å². The molecule has 2 unspecified atom stereocenters. The number of carbonyl (C=O) groups is 2. The molecule has 1 fully saturated rings. The molecule has 1 amide bonds. The minimum Gasteiger partial charge on any atom is -0.444 e. The number of hydrogen-bond acceptors (Lipinski definition) is 4. The molecular formula is C13H23NO4. The van der Waals surface area contributed by atoms with Crippen LogP contribution in [0.15, 0.2) is 0 Å². The van der Waals surface area contributed by atoms with Crippen molar-refractivity contribution in [3.63, 3.8) is 0 Å². The first-order chi connectivity index (χ1) is 8.20. The van der Waals surface area contributed by atoms with E-state index >= 15 is 0 Å². The Bertz CT molecular complexity index is 317. The molecule has 0 aromatic rings. The van der Waals surface area contributed by atoms with Gasteiger partial charge >= 0.3 is 6.09 Å². The van der Waals surface area contributed by atoms with Gasteiger partial charge < -0.3 is 14.4 Å². The van der Waals surface area contributed by atoms with E-state index in [2.05, 4.69) is 0 Å². The van der Waals surface area contributed by atoms with Crippen LogP contribution in [-0.4, -0.2) is 48.2 Å². The fourth-order valence-corrected chi connectivity index (χ4v) is 1.45. The highest BCUT2D eigenvalue weighted by Crippen LogP contribution is 2.17. The van der Waals surface area contributed by atoms with Crippen molar-refractivity contribution in [3.8, 4) is 0 Å². The summed E-state index contributed by atoms with van der Waals surface area (Å²) in [4.78, 5) is 25.0. The number of hydrogen-bond donors (Lipinski definition) is 0. The Balaban J connectivity index is 2.40. The van der Waals surface area contributed by atoms with E-state index in [1.807, 2.05) is 0 Å². The van der Waals surface area contributed by atoms with Crippen molar-refractivity contribution >= 4 is 11.9 Å². The Morgan fingerprint density at radius 1 is 1.44 bits per heavy atom. The molecular weight excluding hydrogens is 234 g/mol. The average Bonchev–Trinajstić information content (AvgIpc) is 3.05. The van der Waals surface area contributed by atoms with Gasteiger partial charge in [0.1, 0.15) is 5.60 Å². The Morgan fingerprint density at radius 3 is 2.44 bits per heavy atom. The molecule has 5 heteroatoms. The van der Waals surface area contributed by atoms with Gasteiger partial charge in [0.2, 0.25) is 0 Å². The zero-order chi connectivity index (χ0) is 13.9. The van der Waals surface area contributed by atoms with E-state index in [0.717, 1.165) is 13.0 Å². The van der Waals surface area contributed by atoms with Crippen LogP contribution in [0.25, 0.3) is 0 Å². The maximum absolute atomic E-state index is 11.9. The molecule has 1 heterocycles. The lowest BCUT2D eigenvalue weighted by Crippen LogP contribution is -2.43. The molecule has 0 aliphatic carbocycles. The van der Waals surface area contributed by atoms with E-state index in [9.17, 15) is 9.59 Å². The van der Waals surface area contributed by atoms with Crippen LogP contribution in [0.1, 0.15) is 40.5 Å². The topological polar surface area (TPSA) is 59.1 Å². The number of ether oxygens (including phenoxy) is 2. The van der Waals surface area contributed by atoms with E-state index in [0.29, 0.717) is 6.42 Å². The number of carbonyl (C=O) groups excluding carboxylic acids is 2. The number of ketones is 1. The quantitative estimate of drug-likeness (QED) is 0.707. The number of Topliss-reactive ketones (excluding diaryl/α,β-unsaturated/α-hetero) is 1. The van der Waals surface area contributed by atoms with Gasteiger partial charge in [-0.3, -0.25) is 4.79 Å². The Hall–Kier alpha value is -1.10. The summed E-state index contributed by atoms with van der Waals surface area (Å²) in [5.74, 6) is 0.0406. The van der Waals surface area contributed by atoms with Crippen LogP contribution in [0.3, 0.4) is 0 Å². The molecule has 5 nitrogen and oxygen atoms in total. The van der Waals surface area contributed by atoms with Crippen LogP contribution in [0.5, 0.6) is 0 Å². The smallest absolute Gasteiger partial charge is 0.410 e. The van der Waals surface area contributed by atoms with Crippen LogP contribution in [0, 0.1) is 0 Å². The SMILES string of the molecule is CC(C(=O)CCC1CO1)N(C)C(=O)OC(C)(C)C. The van der Waals surface area contributed by atoms with Crippen molar-refractivity contribution in [2.75, 3.05) is 13.7 Å². The highest BCUT2D eigenvalue weighted by atomic mass is 16.6. The molecule has 0 bridgehead atoms. The fraction of sp³-hybridized carbons (Fsp3) is 0.846. The Labute approximate surface area is 108 Å². The minimum atomic E-state index is -0.546. The third-order valence-electron chi connectivity index (χ3n) is 2.84. The molecule has 0 saturated carbocycles. The van der Waals surface area contributed by atoms with Crippen LogP contribution >= 0.6 is 0 Å². The molecule has 1 saturated heterocycles. The van der Waals surface area contributed by atoms with Gasteiger partial charge in [-0.2, -0.15) is 0 Å². The van der Waals surface area contributed by atoms with Crippen molar-refractivity contribution in [3.05, 3.63) is 0 Å². The zero-order valence-electron chi connectivity index (χ0n) is 11.9. The van der Waals surface area contributed by atoms with Crippen molar-refractivity contribution in [2.45, 2.75) is 58.3 Å². The Morgan fingerprint density at radius 2 is 2.00 bits per heavy atom. The van der Waals surface area contributed by atoms with Gasteiger partial charge in [-0.25, -0.2) is 4.79 Å². The van der Waals surface area contributed by atoms with E-state index in [1.165, 1.54) is 4.90 Å². The van der Waals surface area contributed by atoms with Gasteiger partial charge in [0, 0.05) is 13.5 Å². The molecule has 0 aromatic heterocycles. The standard InChI is InChI=1S/C13H23NO4/c1-9(11(15)7-6-10-8-17-10)14(5)12(16)18-13(2,3)4/h9-10H,6-8H2,1-5H3. The van der Waals surface area contributed by atoms with Crippen molar-refractivity contribution < 1.29 is 19.1 Å². The second kappa shape index (κ2) is 5.69. The lowest BCUT2D eigenvalue weighted by atomic mass is 10.1. The minimum absolute atomic E-state index is 0.0406. The summed E-state index contributed by atoms with van der Waals surface area (Å²) in [6.45, 7) is 7.88. The van der Waals surface area contributed by atoms with E-state index in [-0.39, 0.29) is 11.9 Å². The second-order valence-corrected chi connectivity index (χ2v) is 5.73. The third kappa shape index (κ3) is 5.04. The van der Waals surface area contributed by atoms with E-state index in [4.69, 9.17) is 9.47 Å². The van der Waals surface area contributed by atoms with Gasteiger partial charge in [0.05, 0.1) is 18.8 Å².